The first-order valence-corrected chi connectivity index (χ1v) is 10.7. The molecule has 0 bridgehead atoms. The first-order valence-electron chi connectivity index (χ1n) is 9.92. The summed E-state index contributed by atoms with van der Waals surface area (Å²) in [7, 11) is 7.84. The van der Waals surface area contributed by atoms with Gasteiger partial charge in [0.25, 0.3) is 5.56 Å². The fraction of sp³-hybridized carbons (Fsp3) is 0.261. The Kier molecular flexibility index (Phi) is 6.36. The maximum absolute atomic E-state index is 12.9. The summed E-state index contributed by atoms with van der Waals surface area (Å²) in [6, 6.07) is 9.07. The van der Waals surface area contributed by atoms with Gasteiger partial charge in [-0.05, 0) is 42.0 Å². The highest BCUT2D eigenvalue weighted by Crippen LogP contribution is 2.38. The Bertz CT molecular complexity index is 1390. The van der Waals surface area contributed by atoms with Gasteiger partial charge in [0, 0.05) is 12.0 Å². The second-order valence-corrected chi connectivity index (χ2v) is 7.97. The average Bonchev–Trinajstić information content (AvgIpc) is 3.36. The molecule has 0 aliphatic carbocycles. The third-order valence-corrected chi connectivity index (χ3v) is 6.00. The van der Waals surface area contributed by atoms with Crippen LogP contribution >= 0.6 is 11.3 Å². The average molecular weight is 470 g/mol. The van der Waals surface area contributed by atoms with Crippen LogP contribution < -0.4 is 33.8 Å². The lowest BCUT2D eigenvalue weighted by Crippen LogP contribution is -2.24. The summed E-state index contributed by atoms with van der Waals surface area (Å²) in [5.74, 6) is 3.41. The van der Waals surface area contributed by atoms with Crippen molar-refractivity contribution in [1.82, 2.24) is 14.6 Å². The van der Waals surface area contributed by atoms with E-state index in [9.17, 15) is 4.79 Å². The van der Waals surface area contributed by atoms with E-state index in [4.69, 9.17) is 23.7 Å². The molecular formula is C23H23N3O6S. The van der Waals surface area contributed by atoms with E-state index in [0.29, 0.717) is 50.5 Å². The molecule has 9 nitrogen and oxygen atoms in total. The Morgan fingerprint density at radius 3 is 2.18 bits per heavy atom. The molecule has 2 aromatic heterocycles. The lowest BCUT2D eigenvalue weighted by Gasteiger charge is -2.13. The van der Waals surface area contributed by atoms with Gasteiger partial charge >= 0.3 is 0 Å². The SMILES string of the molecule is COc1ccc(OC)c(/C=c2\sc3nc(Cc4cc(OC)c(OC)c(OC)c4)nn3c2=O)c1. The van der Waals surface area contributed by atoms with Crippen LogP contribution in [0.25, 0.3) is 11.0 Å². The number of rotatable bonds is 8. The van der Waals surface area contributed by atoms with Crippen LogP contribution in [-0.4, -0.2) is 50.1 Å². The van der Waals surface area contributed by atoms with Gasteiger partial charge in [0.05, 0.1) is 40.1 Å². The Morgan fingerprint density at radius 1 is 0.909 bits per heavy atom. The smallest absolute Gasteiger partial charge is 0.291 e. The third kappa shape index (κ3) is 4.29. The highest BCUT2D eigenvalue weighted by molar-refractivity contribution is 7.15. The third-order valence-electron chi connectivity index (χ3n) is 5.04. The Labute approximate surface area is 193 Å². The Morgan fingerprint density at radius 2 is 1.61 bits per heavy atom. The van der Waals surface area contributed by atoms with Crippen LogP contribution in [0.3, 0.4) is 0 Å². The molecule has 4 rings (SSSR count). The summed E-state index contributed by atoms with van der Waals surface area (Å²) < 4.78 is 28.7. The standard InChI is InChI=1S/C23H23N3O6S/c1-28-15-6-7-16(29-2)14(11-15)12-19-22(27)26-23(33-19)24-20(25-26)10-13-8-17(30-3)21(32-5)18(9-13)31-4/h6-9,11-12H,10H2,1-5H3/b19-12-. The van der Waals surface area contributed by atoms with E-state index in [1.807, 2.05) is 18.2 Å². The van der Waals surface area contributed by atoms with E-state index in [1.54, 1.807) is 53.8 Å². The molecule has 2 heterocycles. The normalized spacial score (nSPS) is 11.6. The number of hydrogen-bond donors (Lipinski definition) is 0. The molecule has 0 aliphatic rings. The Balaban J connectivity index is 1.70. The lowest BCUT2D eigenvalue weighted by molar-refractivity contribution is 0.324. The molecule has 0 saturated heterocycles. The van der Waals surface area contributed by atoms with Crippen molar-refractivity contribution in [1.29, 1.82) is 0 Å². The predicted octanol–water partition coefficient (Wildman–Crippen LogP) is 2.33. The minimum Gasteiger partial charge on any atom is -0.497 e. The van der Waals surface area contributed by atoms with Gasteiger partial charge in [0.1, 0.15) is 11.5 Å². The van der Waals surface area contributed by atoms with Crippen molar-refractivity contribution in [3.05, 3.63) is 62.2 Å². The molecule has 172 valence electrons. The number of benzene rings is 2. The number of methoxy groups -OCH3 is 5. The summed E-state index contributed by atoms with van der Waals surface area (Å²) in [5.41, 5.74) is 1.35. The monoisotopic (exact) mass is 469 g/mol. The van der Waals surface area contributed by atoms with Crippen molar-refractivity contribution in [2.75, 3.05) is 35.5 Å². The zero-order chi connectivity index (χ0) is 23.5. The molecule has 33 heavy (non-hydrogen) atoms. The van der Waals surface area contributed by atoms with Crippen LogP contribution in [0.4, 0.5) is 0 Å². The highest BCUT2D eigenvalue weighted by Gasteiger charge is 2.16. The molecule has 2 aromatic carbocycles. The topological polar surface area (TPSA) is 93.4 Å². The maximum atomic E-state index is 12.9. The fourth-order valence-corrected chi connectivity index (χ4v) is 4.38. The molecule has 0 atom stereocenters. The van der Waals surface area contributed by atoms with Crippen molar-refractivity contribution in [3.8, 4) is 28.7 Å². The van der Waals surface area contributed by atoms with Crippen LogP contribution in [-0.2, 0) is 6.42 Å². The largest absolute Gasteiger partial charge is 0.497 e. The minimum atomic E-state index is -0.247. The van der Waals surface area contributed by atoms with Gasteiger partial charge in [-0.1, -0.05) is 11.3 Å². The van der Waals surface area contributed by atoms with Gasteiger partial charge in [-0.25, -0.2) is 4.98 Å². The van der Waals surface area contributed by atoms with Gasteiger partial charge in [-0.2, -0.15) is 4.52 Å². The van der Waals surface area contributed by atoms with Crippen molar-refractivity contribution < 1.29 is 23.7 Å². The molecule has 0 N–H and O–H groups in total. The van der Waals surface area contributed by atoms with Gasteiger partial charge in [0.15, 0.2) is 17.3 Å². The first kappa shape index (κ1) is 22.4. The molecule has 0 fully saturated rings. The predicted molar refractivity (Wildman–Crippen MR) is 124 cm³/mol. The van der Waals surface area contributed by atoms with E-state index in [0.717, 1.165) is 11.1 Å². The molecule has 4 aromatic rings. The van der Waals surface area contributed by atoms with E-state index in [1.165, 1.54) is 15.9 Å². The van der Waals surface area contributed by atoms with E-state index in [2.05, 4.69) is 10.1 Å². The second-order valence-electron chi connectivity index (χ2n) is 6.96. The maximum Gasteiger partial charge on any atom is 0.291 e. The van der Waals surface area contributed by atoms with Gasteiger partial charge in [-0.3, -0.25) is 4.79 Å². The van der Waals surface area contributed by atoms with Crippen LogP contribution in [0.5, 0.6) is 28.7 Å². The summed E-state index contributed by atoms with van der Waals surface area (Å²) >= 11 is 1.26. The molecule has 0 radical (unpaired) electrons. The van der Waals surface area contributed by atoms with Crippen LogP contribution in [0.2, 0.25) is 0 Å². The van der Waals surface area contributed by atoms with Crippen molar-refractivity contribution in [2.24, 2.45) is 0 Å². The molecule has 0 aliphatic heterocycles. The first-order chi connectivity index (χ1) is 16.0. The quantitative estimate of drug-likeness (QED) is 0.388. The summed E-state index contributed by atoms with van der Waals surface area (Å²) in [6.07, 6.45) is 2.15. The van der Waals surface area contributed by atoms with E-state index in [-0.39, 0.29) is 5.56 Å². The van der Waals surface area contributed by atoms with Crippen molar-refractivity contribution in [2.45, 2.75) is 6.42 Å². The summed E-state index contributed by atoms with van der Waals surface area (Å²) in [6.45, 7) is 0. The summed E-state index contributed by atoms with van der Waals surface area (Å²) in [4.78, 5) is 18.0. The number of thiazole rings is 1. The van der Waals surface area contributed by atoms with Gasteiger partial charge in [-0.15, -0.1) is 5.10 Å². The molecular weight excluding hydrogens is 446 g/mol. The number of ether oxygens (including phenoxy) is 5. The molecule has 0 amide bonds. The zero-order valence-electron chi connectivity index (χ0n) is 18.9. The van der Waals surface area contributed by atoms with Gasteiger partial charge in [0.2, 0.25) is 10.7 Å². The number of nitrogens with zero attached hydrogens (tertiary/aromatic N) is 3. The second kappa shape index (κ2) is 9.37. The minimum absolute atomic E-state index is 0.247. The van der Waals surface area contributed by atoms with Crippen molar-refractivity contribution >= 4 is 22.4 Å². The van der Waals surface area contributed by atoms with Crippen LogP contribution in [0, 0.1) is 0 Å². The Hall–Kier alpha value is -3.79. The fourth-order valence-electron chi connectivity index (χ4n) is 3.46. The zero-order valence-corrected chi connectivity index (χ0v) is 19.7. The number of fused-ring (bicyclic) bond motifs is 1. The van der Waals surface area contributed by atoms with E-state index >= 15 is 0 Å². The van der Waals surface area contributed by atoms with Crippen LogP contribution in [0.1, 0.15) is 17.0 Å². The highest BCUT2D eigenvalue weighted by atomic mass is 32.1. The number of hydrogen-bond acceptors (Lipinski definition) is 9. The summed E-state index contributed by atoms with van der Waals surface area (Å²) in [5, 5.41) is 4.41. The molecule has 0 saturated carbocycles. The molecule has 10 heteroatoms. The molecule has 0 spiro atoms. The van der Waals surface area contributed by atoms with E-state index < -0.39 is 0 Å². The van der Waals surface area contributed by atoms with Crippen molar-refractivity contribution in [3.63, 3.8) is 0 Å². The number of aromatic nitrogens is 3. The lowest BCUT2D eigenvalue weighted by atomic mass is 10.1. The van der Waals surface area contributed by atoms with Crippen LogP contribution in [0.15, 0.2) is 35.1 Å². The van der Waals surface area contributed by atoms with Gasteiger partial charge < -0.3 is 23.7 Å². The molecule has 0 unspecified atom stereocenters.